The van der Waals surface area contributed by atoms with Crippen molar-refractivity contribution in [1.82, 2.24) is 20.1 Å². The summed E-state index contributed by atoms with van der Waals surface area (Å²) in [6.07, 6.45) is 3.20. The topological polar surface area (TPSA) is 59.8 Å². The number of carbonyl (C=O) groups is 1. The van der Waals surface area contributed by atoms with Crippen molar-refractivity contribution in [3.05, 3.63) is 65.2 Å². The number of carbonyl (C=O) groups excluding carboxylic acids is 1. The predicted octanol–water partition coefficient (Wildman–Crippen LogP) is 4.56. The maximum atomic E-state index is 12.6. The van der Waals surface area contributed by atoms with Crippen LogP contribution in [0.4, 0.5) is 0 Å². The van der Waals surface area contributed by atoms with E-state index in [0.717, 1.165) is 42.4 Å². The summed E-state index contributed by atoms with van der Waals surface area (Å²) >= 11 is 1.45. The van der Waals surface area contributed by atoms with Crippen molar-refractivity contribution in [3.63, 3.8) is 0 Å². The third-order valence-electron chi connectivity index (χ3n) is 5.35. The summed E-state index contributed by atoms with van der Waals surface area (Å²) in [4.78, 5) is 12.6. The molecule has 6 heteroatoms. The number of thioether (sulfide) groups is 1. The summed E-state index contributed by atoms with van der Waals surface area (Å²) in [7, 11) is 0. The molecule has 0 aliphatic heterocycles. The maximum Gasteiger partial charge on any atom is 0.230 e. The van der Waals surface area contributed by atoms with Gasteiger partial charge in [-0.25, -0.2) is 0 Å². The molecule has 29 heavy (non-hydrogen) atoms. The van der Waals surface area contributed by atoms with Crippen LogP contribution in [-0.2, 0) is 17.8 Å². The van der Waals surface area contributed by atoms with Gasteiger partial charge in [-0.1, -0.05) is 59.8 Å². The van der Waals surface area contributed by atoms with Crippen molar-refractivity contribution in [3.8, 4) is 11.4 Å². The van der Waals surface area contributed by atoms with E-state index in [0.29, 0.717) is 5.75 Å². The van der Waals surface area contributed by atoms with Crippen LogP contribution in [-0.4, -0.2) is 26.4 Å². The number of hydrogen-bond donors (Lipinski definition) is 1. The molecule has 0 fully saturated rings. The van der Waals surface area contributed by atoms with Gasteiger partial charge in [0.1, 0.15) is 0 Å². The first-order valence-electron chi connectivity index (χ1n) is 10.2. The molecule has 1 aliphatic carbocycles. The highest BCUT2D eigenvalue weighted by Crippen LogP contribution is 2.30. The third kappa shape index (κ3) is 4.37. The Kier molecular flexibility index (Phi) is 6.00. The molecule has 5 nitrogen and oxygen atoms in total. The van der Waals surface area contributed by atoms with E-state index in [1.54, 1.807) is 0 Å². The van der Waals surface area contributed by atoms with Gasteiger partial charge in [-0.3, -0.25) is 4.79 Å². The van der Waals surface area contributed by atoms with Crippen LogP contribution in [0.5, 0.6) is 0 Å². The Labute approximate surface area is 175 Å². The number of amides is 1. The van der Waals surface area contributed by atoms with Crippen molar-refractivity contribution in [2.75, 3.05) is 5.75 Å². The second kappa shape index (κ2) is 8.82. The summed E-state index contributed by atoms with van der Waals surface area (Å²) in [5, 5.41) is 12.7. The Hall–Kier alpha value is -2.60. The molecule has 0 unspecified atom stereocenters. The van der Waals surface area contributed by atoms with Crippen molar-refractivity contribution >= 4 is 17.7 Å². The second-order valence-corrected chi connectivity index (χ2v) is 8.36. The molecule has 1 N–H and O–H groups in total. The van der Waals surface area contributed by atoms with Gasteiger partial charge >= 0.3 is 0 Å². The maximum absolute atomic E-state index is 12.6. The summed E-state index contributed by atoms with van der Waals surface area (Å²) in [5.74, 6) is 1.23. The summed E-state index contributed by atoms with van der Waals surface area (Å²) < 4.78 is 2.07. The van der Waals surface area contributed by atoms with Crippen LogP contribution in [0, 0.1) is 6.92 Å². The van der Waals surface area contributed by atoms with E-state index in [1.165, 1.54) is 28.5 Å². The van der Waals surface area contributed by atoms with Crippen LogP contribution in [0.3, 0.4) is 0 Å². The Bertz CT molecular complexity index is 1010. The molecule has 150 valence electrons. The summed E-state index contributed by atoms with van der Waals surface area (Å²) in [6.45, 7) is 4.90. The minimum Gasteiger partial charge on any atom is -0.349 e. The highest BCUT2D eigenvalue weighted by molar-refractivity contribution is 7.99. The van der Waals surface area contributed by atoms with E-state index < -0.39 is 0 Å². The van der Waals surface area contributed by atoms with E-state index in [2.05, 4.69) is 70.3 Å². The molecule has 1 atom stereocenters. The molecule has 4 rings (SSSR count). The number of aromatic nitrogens is 3. The van der Waals surface area contributed by atoms with Gasteiger partial charge < -0.3 is 9.88 Å². The van der Waals surface area contributed by atoms with Crippen LogP contribution in [0.1, 0.15) is 42.5 Å². The minimum atomic E-state index is 0.0412. The van der Waals surface area contributed by atoms with Gasteiger partial charge in [0.2, 0.25) is 5.91 Å². The first kappa shape index (κ1) is 19.7. The lowest BCUT2D eigenvalue weighted by atomic mass is 9.88. The van der Waals surface area contributed by atoms with Crippen molar-refractivity contribution in [2.45, 2.75) is 50.9 Å². The number of fused-ring (bicyclic) bond motifs is 1. The quantitative estimate of drug-likeness (QED) is 0.610. The van der Waals surface area contributed by atoms with Crippen LogP contribution in [0.15, 0.2) is 53.7 Å². The molecule has 0 bridgehead atoms. The molecule has 0 saturated carbocycles. The molecular weight excluding hydrogens is 380 g/mol. The highest BCUT2D eigenvalue weighted by atomic mass is 32.2. The first-order valence-corrected chi connectivity index (χ1v) is 11.1. The number of benzene rings is 2. The summed E-state index contributed by atoms with van der Waals surface area (Å²) in [6, 6.07) is 16.8. The zero-order valence-corrected chi connectivity index (χ0v) is 17.7. The van der Waals surface area contributed by atoms with Crippen molar-refractivity contribution < 1.29 is 4.79 Å². The fourth-order valence-corrected chi connectivity index (χ4v) is 4.76. The average Bonchev–Trinajstić information content (AvgIpc) is 3.15. The van der Waals surface area contributed by atoms with E-state index in [9.17, 15) is 4.79 Å². The highest BCUT2D eigenvalue weighted by Gasteiger charge is 2.22. The molecule has 2 aromatic carbocycles. The summed E-state index contributed by atoms with van der Waals surface area (Å²) in [5.41, 5.74) is 4.85. The Morgan fingerprint density at radius 2 is 2.07 bits per heavy atom. The van der Waals surface area contributed by atoms with Gasteiger partial charge in [-0.05, 0) is 50.3 Å². The Balaban J connectivity index is 1.43. The number of rotatable bonds is 6. The van der Waals surface area contributed by atoms with Crippen LogP contribution in [0.25, 0.3) is 11.4 Å². The number of hydrogen-bond acceptors (Lipinski definition) is 4. The Morgan fingerprint density at radius 3 is 2.90 bits per heavy atom. The SMILES string of the molecule is CCn1c(SCC(=O)N[C@@H]2CCCc3ccccc32)nnc1-c1cccc(C)c1. The molecule has 1 heterocycles. The normalized spacial score (nSPS) is 15.7. The minimum absolute atomic E-state index is 0.0412. The van der Waals surface area contributed by atoms with Gasteiger partial charge in [0.05, 0.1) is 11.8 Å². The van der Waals surface area contributed by atoms with Gasteiger partial charge in [0.25, 0.3) is 0 Å². The van der Waals surface area contributed by atoms with E-state index in [1.807, 2.05) is 12.1 Å². The standard InChI is InChI=1S/C23H26N4OS/c1-3-27-22(18-11-6-8-16(2)14-18)25-26-23(27)29-15-21(28)24-20-13-7-10-17-9-4-5-12-19(17)20/h4-6,8-9,11-12,14,20H,3,7,10,13,15H2,1-2H3,(H,24,28)/t20-/m1/s1. The first-order chi connectivity index (χ1) is 14.2. The van der Waals surface area contributed by atoms with Crippen LogP contribution < -0.4 is 5.32 Å². The van der Waals surface area contributed by atoms with Crippen LogP contribution >= 0.6 is 11.8 Å². The van der Waals surface area contributed by atoms with Crippen molar-refractivity contribution in [1.29, 1.82) is 0 Å². The van der Waals surface area contributed by atoms with Gasteiger partial charge in [-0.2, -0.15) is 0 Å². The lowest BCUT2D eigenvalue weighted by molar-refractivity contribution is -0.119. The zero-order chi connectivity index (χ0) is 20.2. The van der Waals surface area contributed by atoms with Gasteiger partial charge in [-0.15, -0.1) is 10.2 Å². The van der Waals surface area contributed by atoms with E-state index in [4.69, 9.17) is 0 Å². The average molecular weight is 407 g/mol. The van der Waals surface area contributed by atoms with Crippen molar-refractivity contribution in [2.24, 2.45) is 0 Å². The Morgan fingerprint density at radius 1 is 1.21 bits per heavy atom. The predicted molar refractivity (Wildman–Crippen MR) is 117 cm³/mol. The van der Waals surface area contributed by atoms with Gasteiger partial charge in [0, 0.05) is 12.1 Å². The third-order valence-corrected chi connectivity index (χ3v) is 6.31. The number of nitrogens with zero attached hydrogens (tertiary/aromatic N) is 3. The van der Waals surface area contributed by atoms with E-state index in [-0.39, 0.29) is 11.9 Å². The smallest absolute Gasteiger partial charge is 0.230 e. The molecule has 3 aromatic rings. The molecule has 1 aromatic heterocycles. The monoisotopic (exact) mass is 406 g/mol. The lowest BCUT2D eigenvalue weighted by Gasteiger charge is -2.26. The molecule has 0 radical (unpaired) electrons. The molecule has 0 spiro atoms. The molecule has 1 amide bonds. The second-order valence-electron chi connectivity index (χ2n) is 7.42. The fraction of sp³-hybridized carbons (Fsp3) is 0.348. The molecular formula is C23H26N4OS. The number of nitrogens with one attached hydrogen (secondary N) is 1. The molecule has 0 saturated heterocycles. The fourth-order valence-electron chi connectivity index (χ4n) is 3.95. The van der Waals surface area contributed by atoms with Crippen LogP contribution in [0.2, 0.25) is 0 Å². The van der Waals surface area contributed by atoms with Gasteiger partial charge in [0.15, 0.2) is 11.0 Å². The van der Waals surface area contributed by atoms with E-state index >= 15 is 0 Å². The zero-order valence-electron chi connectivity index (χ0n) is 16.9. The largest absolute Gasteiger partial charge is 0.349 e. The molecule has 1 aliphatic rings. The number of aryl methyl sites for hydroxylation is 2. The lowest BCUT2D eigenvalue weighted by Crippen LogP contribution is -2.32.